The number of aryl methyl sites for hydroxylation is 1. The van der Waals surface area contributed by atoms with Crippen molar-refractivity contribution in [1.82, 2.24) is 0 Å². The molecule has 0 fully saturated rings. The zero-order chi connectivity index (χ0) is 13.8. The van der Waals surface area contributed by atoms with Gasteiger partial charge in [0.1, 0.15) is 11.6 Å². The summed E-state index contributed by atoms with van der Waals surface area (Å²) in [6, 6.07) is 11.2. The molecule has 0 radical (unpaired) electrons. The second-order valence-corrected chi connectivity index (χ2v) is 4.61. The van der Waals surface area contributed by atoms with Crippen LogP contribution in [0.25, 0.3) is 0 Å². The highest BCUT2D eigenvalue weighted by Gasteiger charge is 2.15. The summed E-state index contributed by atoms with van der Waals surface area (Å²) in [6.45, 7) is 3.84. The third kappa shape index (κ3) is 3.11. The SMILES string of the molecule is CCC(Nc1cc(C)ccc1F)c1ccccc1F. The maximum Gasteiger partial charge on any atom is 0.146 e. The monoisotopic (exact) mass is 261 g/mol. The molecule has 2 rings (SSSR count). The van der Waals surface area contributed by atoms with Crippen LogP contribution in [-0.2, 0) is 0 Å². The average molecular weight is 261 g/mol. The Kier molecular flexibility index (Phi) is 4.15. The molecular formula is C16H17F2N. The number of hydrogen-bond donors (Lipinski definition) is 1. The molecule has 0 aliphatic heterocycles. The first-order chi connectivity index (χ1) is 9.11. The van der Waals surface area contributed by atoms with E-state index in [1.54, 1.807) is 30.3 Å². The van der Waals surface area contributed by atoms with Gasteiger partial charge in [0.2, 0.25) is 0 Å². The lowest BCUT2D eigenvalue weighted by atomic mass is 10.0. The van der Waals surface area contributed by atoms with Gasteiger partial charge in [-0.2, -0.15) is 0 Å². The van der Waals surface area contributed by atoms with Gasteiger partial charge in [-0.05, 0) is 37.1 Å². The first-order valence-corrected chi connectivity index (χ1v) is 6.39. The van der Waals surface area contributed by atoms with Crippen LogP contribution in [0.3, 0.4) is 0 Å². The molecule has 0 spiro atoms. The lowest BCUT2D eigenvalue weighted by Gasteiger charge is -2.20. The van der Waals surface area contributed by atoms with Crippen molar-refractivity contribution < 1.29 is 8.78 Å². The van der Waals surface area contributed by atoms with Crippen LogP contribution in [0.15, 0.2) is 42.5 Å². The van der Waals surface area contributed by atoms with Crippen LogP contribution in [-0.4, -0.2) is 0 Å². The fourth-order valence-corrected chi connectivity index (χ4v) is 2.09. The third-order valence-corrected chi connectivity index (χ3v) is 3.14. The third-order valence-electron chi connectivity index (χ3n) is 3.14. The zero-order valence-corrected chi connectivity index (χ0v) is 11.1. The van der Waals surface area contributed by atoms with Crippen molar-refractivity contribution >= 4 is 5.69 Å². The highest BCUT2D eigenvalue weighted by molar-refractivity contribution is 5.49. The summed E-state index contributed by atoms with van der Waals surface area (Å²) in [7, 11) is 0. The predicted molar refractivity (Wildman–Crippen MR) is 74.2 cm³/mol. The van der Waals surface area contributed by atoms with Gasteiger partial charge in [0.05, 0.1) is 11.7 Å². The Hall–Kier alpha value is -1.90. The van der Waals surface area contributed by atoms with E-state index in [2.05, 4.69) is 5.32 Å². The van der Waals surface area contributed by atoms with Crippen LogP contribution in [0.5, 0.6) is 0 Å². The minimum absolute atomic E-state index is 0.238. The molecule has 1 atom stereocenters. The Morgan fingerprint density at radius 3 is 2.47 bits per heavy atom. The molecule has 0 aliphatic rings. The average Bonchev–Trinajstić information content (AvgIpc) is 2.41. The fraction of sp³-hybridized carbons (Fsp3) is 0.250. The molecule has 0 saturated carbocycles. The molecule has 1 N–H and O–H groups in total. The largest absolute Gasteiger partial charge is 0.376 e. The predicted octanol–water partition coefficient (Wildman–Crippen LogP) is 4.84. The van der Waals surface area contributed by atoms with Gasteiger partial charge in [-0.25, -0.2) is 8.78 Å². The summed E-state index contributed by atoms with van der Waals surface area (Å²) >= 11 is 0. The van der Waals surface area contributed by atoms with E-state index in [0.717, 1.165) is 5.56 Å². The standard InChI is InChI=1S/C16H17F2N/c1-3-15(12-6-4-5-7-13(12)17)19-16-10-11(2)8-9-14(16)18/h4-10,15,19H,3H2,1-2H3. The van der Waals surface area contributed by atoms with E-state index in [4.69, 9.17) is 0 Å². The van der Waals surface area contributed by atoms with E-state index in [1.165, 1.54) is 12.1 Å². The molecule has 1 unspecified atom stereocenters. The smallest absolute Gasteiger partial charge is 0.146 e. The lowest BCUT2D eigenvalue weighted by Crippen LogP contribution is -2.12. The van der Waals surface area contributed by atoms with E-state index in [1.807, 2.05) is 13.8 Å². The molecule has 0 heterocycles. The van der Waals surface area contributed by atoms with Gasteiger partial charge in [0.25, 0.3) is 0 Å². The first-order valence-electron chi connectivity index (χ1n) is 6.39. The van der Waals surface area contributed by atoms with E-state index in [9.17, 15) is 8.78 Å². The number of rotatable bonds is 4. The van der Waals surface area contributed by atoms with E-state index >= 15 is 0 Å². The molecule has 19 heavy (non-hydrogen) atoms. The maximum absolute atomic E-state index is 13.8. The van der Waals surface area contributed by atoms with Crippen molar-refractivity contribution in [3.8, 4) is 0 Å². The number of halogens is 2. The summed E-state index contributed by atoms with van der Waals surface area (Å²) in [6.07, 6.45) is 0.675. The Balaban J connectivity index is 2.29. The summed E-state index contributed by atoms with van der Waals surface area (Å²) in [4.78, 5) is 0. The van der Waals surface area contributed by atoms with Crippen LogP contribution < -0.4 is 5.32 Å². The van der Waals surface area contributed by atoms with Crippen LogP contribution in [0, 0.1) is 18.6 Å². The van der Waals surface area contributed by atoms with E-state index in [0.29, 0.717) is 17.7 Å². The first kappa shape index (κ1) is 13.5. The van der Waals surface area contributed by atoms with Crippen LogP contribution in [0.1, 0.15) is 30.5 Å². The van der Waals surface area contributed by atoms with Gasteiger partial charge in [-0.1, -0.05) is 31.2 Å². The van der Waals surface area contributed by atoms with Crippen LogP contribution in [0.2, 0.25) is 0 Å². The van der Waals surface area contributed by atoms with Gasteiger partial charge in [0, 0.05) is 5.56 Å². The molecule has 3 heteroatoms. The van der Waals surface area contributed by atoms with Gasteiger partial charge < -0.3 is 5.32 Å². The van der Waals surface area contributed by atoms with Crippen molar-refractivity contribution in [2.45, 2.75) is 26.3 Å². The number of hydrogen-bond acceptors (Lipinski definition) is 1. The molecule has 2 aromatic carbocycles. The topological polar surface area (TPSA) is 12.0 Å². The molecule has 0 amide bonds. The molecule has 0 bridgehead atoms. The van der Waals surface area contributed by atoms with Crippen molar-refractivity contribution in [2.24, 2.45) is 0 Å². The molecular weight excluding hydrogens is 244 g/mol. The van der Waals surface area contributed by atoms with Crippen molar-refractivity contribution in [3.63, 3.8) is 0 Å². The highest BCUT2D eigenvalue weighted by Crippen LogP contribution is 2.26. The number of nitrogens with one attached hydrogen (secondary N) is 1. The minimum Gasteiger partial charge on any atom is -0.376 e. The Bertz CT molecular complexity index is 566. The minimum atomic E-state index is -0.319. The fourth-order valence-electron chi connectivity index (χ4n) is 2.09. The summed E-state index contributed by atoms with van der Waals surface area (Å²) < 4.78 is 27.5. The van der Waals surface area contributed by atoms with Gasteiger partial charge in [-0.15, -0.1) is 0 Å². The molecule has 0 aliphatic carbocycles. The van der Waals surface area contributed by atoms with E-state index in [-0.39, 0.29) is 17.7 Å². The normalized spacial score (nSPS) is 12.2. The molecule has 2 aromatic rings. The van der Waals surface area contributed by atoms with Crippen molar-refractivity contribution in [1.29, 1.82) is 0 Å². The van der Waals surface area contributed by atoms with E-state index < -0.39 is 0 Å². The molecule has 100 valence electrons. The van der Waals surface area contributed by atoms with Gasteiger partial charge >= 0.3 is 0 Å². The van der Waals surface area contributed by atoms with Crippen molar-refractivity contribution in [2.75, 3.05) is 5.32 Å². The second-order valence-electron chi connectivity index (χ2n) is 4.61. The molecule has 0 aromatic heterocycles. The zero-order valence-electron chi connectivity index (χ0n) is 11.1. The number of benzene rings is 2. The summed E-state index contributed by atoms with van der Waals surface area (Å²) in [5.74, 6) is -0.588. The lowest BCUT2D eigenvalue weighted by molar-refractivity contribution is 0.582. The Labute approximate surface area is 112 Å². The summed E-state index contributed by atoms with van der Waals surface area (Å²) in [5, 5.41) is 3.08. The molecule has 1 nitrogen and oxygen atoms in total. The van der Waals surface area contributed by atoms with Crippen molar-refractivity contribution in [3.05, 3.63) is 65.2 Å². The van der Waals surface area contributed by atoms with Crippen LogP contribution >= 0.6 is 0 Å². The van der Waals surface area contributed by atoms with Gasteiger partial charge in [-0.3, -0.25) is 0 Å². The maximum atomic E-state index is 13.8. The quantitative estimate of drug-likeness (QED) is 0.830. The second kappa shape index (κ2) is 5.83. The van der Waals surface area contributed by atoms with Gasteiger partial charge in [0.15, 0.2) is 0 Å². The van der Waals surface area contributed by atoms with Crippen LogP contribution in [0.4, 0.5) is 14.5 Å². The molecule has 0 saturated heterocycles. The summed E-state index contributed by atoms with van der Waals surface area (Å²) in [5.41, 5.74) is 1.94. The Morgan fingerprint density at radius 1 is 1.05 bits per heavy atom. The number of anilines is 1. The Morgan fingerprint density at radius 2 is 1.79 bits per heavy atom. The highest BCUT2D eigenvalue weighted by atomic mass is 19.1.